The highest BCUT2D eigenvalue weighted by Crippen LogP contribution is 2.23. The first-order chi connectivity index (χ1) is 17.9. The van der Waals surface area contributed by atoms with Gasteiger partial charge in [-0.25, -0.2) is 9.59 Å². The van der Waals surface area contributed by atoms with Crippen molar-refractivity contribution in [2.24, 2.45) is 0 Å². The Hall–Kier alpha value is -4.20. The Morgan fingerprint density at radius 3 is 1.68 bits per heavy atom. The Bertz CT molecular complexity index is 981. The van der Waals surface area contributed by atoms with Gasteiger partial charge in [0.25, 0.3) is 0 Å². The van der Waals surface area contributed by atoms with Gasteiger partial charge in [0.1, 0.15) is 6.61 Å². The van der Waals surface area contributed by atoms with Crippen molar-refractivity contribution in [1.29, 1.82) is 0 Å². The van der Waals surface area contributed by atoms with Crippen molar-refractivity contribution in [2.75, 3.05) is 14.2 Å². The molecule has 0 bridgehead atoms. The molecule has 14 nitrogen and oxygen atoms in total. The summed E-state index contributed by atoms with van der Waals surface area (Å²) in [7, 11) is 2.07. The Labute approximate surface area is 218 Å². The standard InChI is InChI=1S/C24H31NO13/c1-13(26)35-19(18(22(30)32-5)25-24(31)34-12-17-10-8-7-9-11-17)20(36-14(2)27)21(37-15(3)28)23(33-6)38-16(4)29/h7-11,18-21,23H,12H2,1-6H3,(H,25,31)/t18-,19+,20+,21+,23?/m0/s1. The molecule has 0 heterocycles. The molecule has 1 rings (SSSR count). The number of hydrogen-bond donors (Lipinski definition) is 1. The van der Waals surface area contributed by atoms with Crippen molar-refractivity contribution < 1.29 is 61.9 Å². The molecule has 1 unspecified atom stereocenters. The smallest absolute Gasteiger partial charge is 0.408 e. The van der Waals surface area contributed by atoms with Crippen LogP contribution in [-0.2, 0) is 63.7 Å². The lowest BCUT2D eigenvalue weighted by atomic mass is 9.99. The zero-order valence-electron chi connectivity index (χ0n) is 21.8. The van der Waals surface area contributed by atoms with Crippen LogP contribution in [0.1, 0.15) is 33.3 Å². The van der Waals surface area contributed by atoms with Crippen LogP contribution >= 0.6 is 0 Å². The Kier molecular flexibility index (Phi) is 13.2. The fourth-order valence-corrected chi connectivity index (χ4v) is 3.21. The minimum Gasteiger partial charge on any atom is -0.467 e. The molecule has 0 spiro atoms. The Morgan fingerprint density at radius 1 is 0.711 bits per heavy atom. The van der Waals surface area contributed by atoms with Gasteiger partial charge < -0.3 is 38.5 Å². The number of hydrogen-bond acceptors (Lipinski definition) is 13. The van der Waals surface area contributed by atoms with Crippen molar-refractivity contribution in [3.63, 3.8) is 0 Å². The van der Waals surface area contributed by atoms with E-state index in [1.165, 1.54) is 0 Å². The zero-order valence-corrected chi connectivity index (χ0v) is 21.8. The molecule has 38 heavy (non-hydrogen) atoms. The minimum atomic E-state index is -1.88. The van der Waals surface area contributed by atoms with Gasteiger partial charge in [0.2, 0.25) is 12.4 Å². The summed E-state index contributed by atoms with van der Waals surface area (Å²) in [5.41, 5.74) is 0.630. The summed E-state index contributed by atoms with van der Waals surface area (Å²) in [4.78, 5) is 73.0. The van der Waals surface area contributed by atoms with Crippen LogP contribution in [0.2, 0.25) is 0 Å². The molecular formula is C24H31NO13. The number of nitrogens with one attached hydrogen (secondary N) is 1. The topological polar surface area (TPSA) is 179 Å². The first kappa shape index (κ1) is 31.8. The van der Waals surface area contributed by atoms with Crippen LogP contribution in [0.3, 0.4) is 0 Å². The number of methoxy groups -OCH3 is 2. The van der Waals surface area contributed by atoms with E-state index < -0.39 is 66.6 Å². The summed E-state index contributed by atoms with van der Waals surface area (Å²) in [6.45, 7) is 3.80. The molecule has 0 radical (unpaired) electrons. The average Bonchev–Trinajstić information content (AvgIpc) is 2.85. The molecule has 5 atom stereocenters. The number of ether oxygens (including phenoxy) is 7. The quantitative estimate of drug-likeness (QED) is 0.211. The molecule has 0 saturated heterocycles. The van der Waals surface area contributed by atoms with Gasteiger partial charge in [-0.2, -0.15) is 0 Å². The number of carbonyl (C=O) groups is 6. The first-order valence-corrected chi connectivity index (χ1v) is 11.2. The SMILES string of the molecule is COC(=O)[C@@H](NC(=O)OCc1ccccc1)[C@@H](OC(C)=O)[C@@H](OC(C)=O)[C@@H](OC(C)=O)C(OC)OC(C)=O. The normalized spacial score (nSPS) is 14.4. The third-order valence-corrected chi connectivity index (χ3v) is 4.61. The Morgan fingerprint density at radius 2 is 1.21 bits per heavy atom. The molecule has 1 aromatic rings. The second kappa shape index (κ2) is 15.8. The van der Waals surface area contributed by atoms with Crippen LogP contribution in [0.5, 0.6) is 0 Å². The fourth-order valence-electron chi connectivity index (χ4n) is 3.21. The summed E-state index contributed by atoms with van der Waals surface area (Å²) in [6.07, 6.45) is -8.34. The molecule has 14 heteroatoms. The molecule has 0 fully saturated rings. The van der Waals surface area contributed by atoms with Crippen LogP contribution in [-0.4, -0.2) is 80.8 Å². The van der Waals surface area contributed by atoms with Crippen molar-refractivity contribution in [3.05, 3.63) is 35.9 Å². The number of amides is 1. The first-order valence-electron chi connectivity index (χ1n) is 11.2. The molecule has 0 aliphatic carbocycles. The van der Waals surface area contributed by atoms with E-state index in [0.29, 0.717) is 5.56 Å². The lowest BCUT2D eigenvalue weighted by Gasteiger charge is -2.37. The molecule has 0 aliphatic rings. The van der Waals surface area contributed by atoms with Gasteiger partial charge in [0.15, 0.2) is 18.2 Å². The van der Waals surface area contributed by atoms with Crippen LogP contribution in [0.4, 0.5) is 4.79 Å². The molecule has 0 saturated carbocycles. The van der Waals surface area contributed by atoms with Gasteiger partial charge in [-0.15, -0.1) is 0 Å². The number of carbonyl (C=O) groups excluding carboxylic acids is 6. The van der Waals surface area contributed by atoms with Crippen molar-refractivity contribution >= 4 is 35.9 Å². The Balaban J connectivity index is 3.49. The maximum atomic E-state index is 12.7. The van der Waals surface area contributed by atoms with Crippen molar-refractivity contribution in [1.82, 2.24) is 5.32 Å². The van der Waals surface area contributed by atoms with Crippen LogP contribution < -0.4 is 5.32 Å². The highest BCUT2D eigenvalue weighted by atomic mass is 16.7. The molecular weight excluding hydrogens is 510 g/mol. The van der Waals surface area contributed by atoms with E-state index in [1.807, 2.05) is 0 Å². The fraction of sp³-hybridized carbons (Fsp3) is 0.500. The summed E-state index contributed by atoms with van der Waals surface area (Å²) < 4.78 is 35.7. The summed E-state index contributed by atoms with van der Waals surface area (Å²) in [5, 5.41) is 2.21. The van der Waals surface area contributed by atoms with E-state index in [2.05, 4.69) is 5.32 Å². The second-order valence-electron chi connectivity index (χ2n) is 7.64. The highest BCUT2D eigenvalue weighted by molar-refractivity contribution is 5.82. The minimum absolute atomic E-state index is 0.180. The monoisotopic (exact) mass is 541 g/mol. The van der Waals surface area contributed by atoms with Gasteiger partial charge in [-0.1, -0.05) is 30.3 Å². The van der Waals surface area contributed by atoms with Crippen molar-refractivity contribution in [2.45, 2.75) is 64.9 Å². The third kappa shape index (κ3) is 10.8. The van der Waals surface area contributed by atoms with Gasteiger partial charge in [0, 0.05) is 34.8 Å². The van der Waals surface area contributed by atoms with Gasteiger partial charge in [-0.3, -0.25) is 19.2 Å². The van der Waals surface area contributed by atoms with Crippen LogP contribution in [0.25, 0.3) is 0 Å². The third-order valence-electron chi connectivity index (χ3n) is 4.61. The lowest BCUT2D eigenvalue weighted by molar-refractivity contribution is -0.235. The molecule has 1 N–H and O–H groups in total. The predicted molar refractivity (Wildman–Crippen MR) is 125 cm³/mol. The van der Waals surface area contributed by atoms with Crippen molar-refractivity contribution in [3.8, 4) is 0 Å². The molecule has 0 aliphatic heterocycles. The van der Waals surface area contributed by atoms with Gasteiger partial charge in [0.05, 0.1) is 7.11 Å². The predicted octanol–water partition coefficient (Wildman–Crippen LogP) is 0.785. The van der Waals surface area contributed by atoms with E-state index in [-0.39, 0.29) is 6.61 Å². The number of rotatable bonds is 13. The molecule has 1 amide bonds. The van der Waals surface area contributed by atoms with E-state index >= 15 is 0 Å². The van der Waals surface area contributed by atoms with Crippen LogP contribution in [0, 0.1) is 0 Å². The number of esters is 5. The molecule has 0 aromatic heterocycles. The van der Waals surface area contributed by atoms with Crippen LogP contribution in [0.15, 0.2) is 30.3 Å². The van der Waals surface area contributed by atoms with Gasteiger partial charge in [-0.05, 0) is 5.56 Å². The second-order valence-corrected chi connectivity index (χ2v) is 7.64. The zero-order chi connectivity index (χ0) is 28.8. The summed E-state index contributed by atoms with van der Waals surface area (Å²) >= 11 is 0. The van der Waals surface area contributed by atoms with E-state index in [0.717, 1.165) is 41.9 Å². The lowest BCUT2D eigenvalue weighted by Crippen LogP contribution is -2.61. The largest absolute Gasteiger partial charge is 0.467 e. The number of alkyl carbamates (subject to hydrolysis) is 1. The summed E-state index contributed by atoms with van der Waals surface area (Å²) in [5.74, 6) is -4.91. The summed E-state index contributed by atoms with van der Waals surface area (Å²) in [6, 6.07) is 6.72. The van der Waals surface area contributed by atoms with E-state index in [9.17, 15) is 28.8 Å². The maximum Gasteiger partial charge on any atom is 0.408 e. The van der Waals surface area contributed by atoms with E-state index in [4.69, 9.17) is 33.2 Å². The number of benzene rings is 1. The van der Waals surface area contributed by atoms with Gasteiger partial charge >= 0.3 is 35.9 Å². The molecule has 1 aromatic carbocycles. The molecule has 210 valence electrons. The maximum absolute atomic E-state index is 12.7. The van der Waals surface area contributed by atoms with E-state index in [1.54, 1.807) is 30.3 Å². The average molecular weight is 542 g/mol. The highest BCUT2D eigenvalue weighted by Gasteiger charge is 2.49.